The largest absolute Gasteiger partial charge is 0.330 e. The molecule has 7 heteroatoms. The molecule has 0 aliphatic carbocycles. The Kier molecular flexibility index (Phi) is 5.46. The van der Waals surface area contributed by atoms with Gasteiger partial charge in [-0.2, -0.15) is 0 Å². The lowest BCUT2D eigenvalue weighted by Gasteiger charge is -2.11. The predicted octanol–water partition coefficient (Wildman–Crippen LogP) is 0.648. The number of sulfonamides is 1. The van der Waals surface area contributed by atoms with Crippen molar-refractivity contribution in [2.24, 2.45) is 16.8 Å². The van der Waals surface area contributed by atoms with Gasteiger partial charge in [0.15, 0.2) is 0 Å². The van der Waals surface area contributed by atoms with Crippen LogP contribution in [0.2, 0.25) is 0 Å². The molecule has 0 aliphatic heterocycles. The summed E-state index contributed by atoms with van der Waals surface area (Å²) in [5, 5.41) is 7.70. The Morgan fingerprint density at radius 2 is 1.89 bits per heavy atom. The van der Waals surface area contributed by atoms with Crippen LogP contribution in [-0.4, -0.2) is 20.9 Å². The molecule has 0 spiro atoms. The highest BCUT2D eigenvalue weighted by molar-refractivity contribution is 7.89. The van der Waals surface area contributed by atoms with Crippen LogP contribution in [0.5, 0.6) is 0 Å². The van der Waals surface area contributed by atoms with E-state index in [2.05, 4.69) is 5.32 Å². The number of nitrogens with two attached hydrogens (primary N) is 2. The molecule has 19 heavy (non-hydrogen) atoms. The van der Waals surface area contributed by atoms with Crippen LogP contribution >= 0.6 is 0 Å². The molecule has 0 radical (unpaired) electrons. The van der Waals surface area contributed by atoms with E-state index >= 15 is 0 Å². The SMILES string of the molecule is CC(CCCN)C(=O)Nc1ccc(S(N)(=O)=O)cc1. The van der Waals surface area contributed by atoms with E-state index in [9.17, 15) is 13.2 Å². The number of hydrogen-bond donors (Lipinski definition) is 3. The standard InChI is InChI=1S/C12H19N3O3S/c1-9(3-2-8-13)12(16)15-10-4-6-11(7-5-10)19(14,17)18/h4-7,9H,2-3,8,13H2,1H3,(H,15,16)(H2,14,17,18). The molecule has 1 amide bonds. The van der Waals surface area contributed by atoms with Gasteiger partial charge in [0.1, 0.15) is 0 Å². The van der Waals surface area contributed by atoms with Crippen LogP contribution in [-0.2, 0) is 14.8 Å². The van der Waals surface area contributed by atoms with Crippen LogP contribution < -0.4 is 16.2 Å². The van der Waals surface area contributed by atoms with Gasteiger partial charge in [-0.05, 0) is 43.7 Å². The molecule has 1 aromatic rings. The molecule has 0 aliphatic rings. The van der Waals surface area contributed by atoms with E-state index in [4.69, 9.17) is 10.9 Å². The number of carbonyl (C=O) groups excluding carboxylic acids is 1. The number of anilines is 1. The Balaban J connectivity index is 2.65. The maximum absolute atomic E-state index is 11.8. The molecule has 0 heterocycles. The van der Waals surface area contributed by atoms with Crippen LogP contribution in [0.1, 0.15) is 19.8 Å². The zero-order valence-electron chi connectivity index (χ0n) is 10.8. The lowest BCUT2D eigenvalue weighted by atomic mass is 10.0. The predicted molar refractivity (Wildman–Crippen MR) is 73.9 cm³/mol. The minimum atomic E-state index is -3.70. The van der Waals surface area contributed by atoms with Crippen LogP contribution in [0, 0.1) is 5.92 Å². The van der Waals surface area contributed by atoms with Crippen molar-refractivity contribution in [2.45, 2.75) is 24.7 Å². The zero-order valence-corrected chi connectivity index (χ0v) is 11.6. The molecule has 1 rings (SSSR count). The second kappa shape index (κ2) is 6.65. The van der Waals surface area contributed by atoms with Crippen LogP contribution in [0.25, 0.3) is 0 Å². The highest BCUT2D eigenvalue weighted by atomic mass is 32.2. The van der Waals surface area contributed by atoms with Crippen LogP contribution in [0.3, 0.4) is 0 Å². The van der Waals surface area contributed by atoms with Gasteiger partial charge in [-0.25, -0.2) is 13.6 Å². The third-order valence-electron chi connectivity index (χ3n) is 2.74. The van der Waals surface area contributed by atoms with E-state index in [1.165, 1.54) is 24.3 Å². The summed E-state index contributed by atoms with van der Waals surface area (Å²) in [4.78, 5) is 11.8. The molecule has 106 valence electrons. The first-order valence-corrected chi connectivity index (χ1v) is 7.53. The molecular formula is C12H19N3O3S. The van der Waals surface area contributed by atoms with Crippen molar-refractivity contribution in [3.63, 3.8) is 0 Å². The molecular weight excluding hydrogens is 266 g/mol. The Morgan fingerprint density at radius 1 is 1.32 bits per heavy atom. The Hall–Kier alpha value is -1.44. The smallest absolute Gasteiger partial charge is 0.238 e. The van der Waals surface area contributed by atoms with Crippen molar-refractivity contribution in [3.05, 3.63) is 24.3 Å². The maximum atomic E-state index is 11.8. The lowest BCUT2D eigenvalue weighted by Crippen LogP contribution is -2.21. The molecule has 0 saturated heterocycles. The van der Waals surface area contributed by atoms with Gasteiger partial charge >= 0.3 is 0 Å². The summed E-state index contributed by atoms with van der Waals surface area (Å²) < 4.78 is 22.1. The normalized spacial score (nSPS) is 13.0. The molecule has 0 saturated carbocycles. The van der Waals surface area contributed by atoms with E-state index in [-0.39, 0.29) is 16.7 Å². The summed E-state index contributed by atoms with van der Waals surface area (Å²) in [6.45, 7) is 2.38. The number of amides is 1. The fourth-order valence-corrected chi connectivity index (χ4v) is 2.06. The van der Waals surface area contributed by atoms with Gasteiger partial charge in [0.2, 0.25) is 15.9 Å². The fourth-order valence-electron chi connectivity index (χ4n) is 1.55. The number of carbonyl (C=O) groups is 1. The molecule has 1 unspecified atom stereocenters. The molecule has 1 aromatic carbocycles. The number of nitrogens with one attached hydrogen (secondary N) is 1. The van der Waals surface area contributed by atoms with Crippen molar-refractivity contribution >= 4 is 21.6 Å². The highest BCUT2D eigenvalue weighted by Crippen LogP contribution is 2.14. The van der Waals surface area contributed by atoms with E-state index in [0.717, 1.165) is 12.8 Å². The van der Waals surface area contributed by atoms with Gasteiger partial charge in [-0.3, -0.25) is 4.79 Å². The highest BCUT2D eigenvalue weighted by Gasteiger charge is 2.13. The lowest BCUT2D eigenvalue weighted by molar-refractivity contribution is -0.119. The summed E-state index contributed by atoms with van der Waals surface area (Å²) in [5.74, 6) is -0.252. The van der Waals surface area contributed by atoms with E-state index in [0.29, 0.717) is 12.2 Å². The number of primary sulfonamides is 1. The average Bonchev–Trinajstić information content (AvgIpc) is 2.35. The Labute approximate surface area is 113 Å². The number of rotatable bonds is 6. The minimum Gasteiger partial charge on any atom is -0.330 e. The quantitative estimate of drug-likeness (QED) is 0.711. The molecule has 6 nitrogen and oxygen atoms in total. The zero-order chi connectivity index (χ0) is 14.5. The van der Waals surface area contributed by atoms with Gasteiger partial charge in [0.05, 0.1) is 4.90 Å². The van der Waals surface area contributed by atoms with Gasteiger partial charge in [0.25, 0.3) is 0 Å². The minimum absolute atomic E-state index is 0.0154. The van der Waals surface area contributed by atoms with Crippen LogP contribution in [0.15, 0.2) is 29.2 Å². The van der Waals surface area contributed by atoms with Crippen molar-refractivity contribution in [2.75, 3.05) is 11.9 Å². The second-order valence-corrected chi connectivity index (χ2v) is 5.95. The number of benzene rings is 1. The topological polar surface area (TPSA) is 115 Å². The summed E-state index contributed by atoms with van der Waals surface area (Å²) >= 11 is 0. The third kappa shape index (κ3) is 4.98. The fraction of sp³-hybridized carbons (Fsp3) is 0.417. The van der Waals surface area contributed by atoms with Crippen molar-refractivity contribution in [3.8, 4) is 0 Å². The number of hydrogen-bond acceptors (Lipinski definition) is 4. The summed E-state index contributed by atoms with van der Waals surface area (Å²) in [6.07, 6.45) is 1.51. The van der Waals surface area contributed by atoms with Crippen molar-refractivity contribution in [1.29, 1.82) is 0 Å². The molecule has 0 aromatic heterocycles. The first-order chi connectivity index (χ1) is 8.84. The van der Waals surface area contributed by atoms with E-state index in [1.807, 2.05) is 6.92 Å². The Morgan fingerprint density at radius 3 is 2.37 bits per heavy atom. The van der Waals surface area contributed by atoms with Gasteiger partial charge in [0, 0.05) is 11.6 Å². The molecule has 1 atom stereocenters. The molecule has 5 N–H and O–H groups in total. The summed E-state index contributed by atoms with van der Waals surface area (Å²) in [5.41, 5.74) is 5.93. The first kappa shape index (κ1) is 15.6. The van der Waals surface area contributed by atoms with Crippen LogP contribution in [0.4, 0.5) is 5.69 Å². The van der Waals surface area contributed by atoms with Crippen molar-refractivity contribution < 1.29 is 13.2 Å². The summed E-state index contributed by atoms with van der Waals surface area (Å²) in [6, 6.07) is 5.73. The first-order valence-electron chi connectivity index (χ1n) is 5.98. The van der Waals surface area contributed by atoms with Gasteiger partial charge in [-0.15, -0.1) is 0 Å². The summed E-state index contributed by atoms with van der Waals surface area (Å²) in [7, 11) is -3.70. The average molecular weight is 285 g/mol. The molecule has 0 bridgehead atoms. The third-order valence-corrected chi connectivity index (χ3v) is 3.67. The Bertz CT molecular complexity index is 526. The maximum Gasteiger partial charge on any atom is 0.238 e. The van der Waals surface area contributed by atoms with Gasteiger partial charge < -0.3 is 11.1 Å². The molecule has 0 fully saturated rings. The van der Waals surface area contributed by atoms with E-state index < -0.39 is 10.0 Å². The van der Waals surface area contributed by atoms with Gasteiger partial charge in [-0.1, -0.05) is 6.92 Å². The second-order valence-electron chi connectivity index (χ2n) is 4.39. The van der Waals surface area contributed by atoms with E-state index in [1.54, 1.807) is 0 Å². The van der Waals surface area contributed by atoms with Crippen molar-refractivity contribution in [1.82, 2.24) is 0 Å². The monoisotopic (exact) mass is 285 g/mol.